The first-order valence-electron chi connectivity index (χ1n) is 8.05. The number of hydrogen-bond donors (Lipinski definition) is 0. The van der Waals surface area contributed by atoms with Gasteiger partial charge in [-0.2, -0.15) is 4.31 Å². The molecule has 124 valence electrons. The molecule has 1 saturated carbocycles. The minimum Gasteiger partial charge on any atom is -0.303 e. The van der Waals surface area contributed by atoms with Crippen molar-refractivity contribution in [3.05, 3.63) is 66.1 Å². The Hall–Kier alpha value is -2.18. The molecule has 0 radical (unpaired) electrons. The second-order valence-corrected chi connectivity index (χ2v) is 8.16. The quantitative estimate of drug-likeness (QED) is 0.717. The second-order valence-electron chi connectivity index (χ2n) is 6.27. The van der Waals surface area contributed by atoms with Crippen molar-refractivity contribution in [3.63, 3.8) is 0 Å². The van der Waals surface area contributed by atoms with Crippen molar-refractivity contribution in [1.82, 2.24) is 13.7 Å². The highest BCUT2D eigenvalue weighted by Gasteiger charge is 2.38. The van der Waals surface area contributed by atoms with Crippen molar-refractivity contribution in [2.24, 2.45) is 0 Å². The van der Waals surface area contributed by atoms with Crippen molar-refractivity contribution < 1.29 is 8.42 Å². The summed E-state index contributed by atoms with van der Waals surface area (Å²) < 4.78 is 29.7. The number of imidazole rings is 1. The van der Waals surface area contributed by atoms with E-state index in [-0.39, 0.29) is 6.04 Å². The molecule has 0 N–H and O–H groups in total. The Labute approximate surface area is 141 Å². The van der Waals surface area contributed by atoms with E-state index in [0.717, 1.165) is 29.7 Å². The number of aryl methyl sites for hydroxylation is 1. The molecule has 1 aliphatic rings. The van der Waals surface area contributed by atoms with E-state index in [0.29, 0.717) is 11.4 Å². The third kappa shape index (κ3) is 2.72. The number of aromatic nitrogens is 2. The van der Waals surface area contributed by atoms with Gasteiger partial charge in [-0.3, -0.25) is 0 Å². The number of fused-ring (bicyclic) bond motifs is 1. The first-order chi connectivity index (χ1) is 11.6. The summed E-state index contributed by atoms with van der Waals surface area (Å²) in [6, 6.07) is 12.9. The van der Waals surface area contributed by atoms with Crippen molar-refractivity contribution in [2.75, 3.05) is 0 Å². The zero-order valence-corrected chi connectivity index (χ0v) is 14.3. The summed E-state index contributed by atoms with van der Waals surface area (Å²) in [6.07, 6.45) is 5.51. The summed E-state index contributed by atoms with van der Waals surface area (Å²) in [5.41, 5.74) is 2.76. The summed E-state index contributed by atoms with van der Waals surface area (Å²) in [5, 5.41) is 0. The summed E-state index contributed by atoms with van der Waals surface area (Å²) in [4.78, 5) is 4.71. The normalized spacial score (nSPS) is 15.2. The number of sulfonamides is 1. The largest absolute Gasteiger partial charge is 0.303 e. The maximum Gasteiger partial charge on any atom is 0.243 e. The van der Waals surface area contributed by atoms with E-state index in [1.807, 2.05) is 47.9 Å². The molecule has 0 aliphatic heterocycles. The zero-order valence-electron chi connectivity index (χ0n) is 13.5. The van der Waals surface area contributed by atoms with Crippen LogP contribution >= 0.6 is 0 Å². The fraction of sp³-hybridized carbons (Fsp3) is 0.278. The van der Waals surface area contributed by atoms with Gasteiger partial charge in [-0.15, -0.1) is 0 Å². The molecule has 4 rings (SSSR count). The van der Waals surface area contributed by atoms with Crippen molar-refractivity contribution in [3.8, 4) is 0 Å². The van der Waals surface area contributed by atoms with Gasteiger partial charge in [0.15, 0.2) is 0 Å². The predicted molar refractivity (Wildman–Crippen MR) is 92.1 cm³/mol. The SMILES string of the molecule is Cc1ccc(S(=O)(=O)N(Cc2cnc3ccccn23)C2CC2)cc1. The van der Waals surface area contributed by atoms with Crippen LogP contribution in [-0.4, -0.2) is 28.1 Å². The molecule has 0 spiro atoms. The number of hydrogen-bond acceptors (Lipinski definition) is 3. The van der Waals surface area contributed by atoms with Gasteiger partial charge in [0.25, 0.3) is 0 Å². The summed E-state index contributed by atoms with van der Waals surface area (Å²) in [6.45, 7) is 2.29. The van der Waals surface area contributed by atoms with Crippen LogP contribution in [0.25, 0.3) is 5.65 Å². The average molecular weight is 341 g/mol. The minimum absolute atomic E-state index is 0.0885. The van der Waals surface area contributed by atoms with Gasteiger partial charge in [0, 0.05) is 12.2 Å². The molecule has 1 aliphatic carbocycles. The monoisotopic (exact) mass is 341 g/mol. The fourth-order valence-electron chi connectivity index (χ4n) is 2.88. The van der Waals surface area contributed by atoms with Gasteiger partial charge >= 0.3 is 0 Å². The van der Waals surface area contributed by atoms with Gasteiger partial charge in [0.2, 0.25) is 10.0 Å². The van der Waals surface area contributed by atoms with Gasteiger partial charge in [-0.25, -0.2) is 13.4 Å². The lowest BCUT2D eigenvalue weighted by molar-refractivity contribution is 0.393. The van der Waals surface area contributed by atoms with E-state index in [9.17, 15) is 8.42 Å². The maximum absolute atomic E-state index is 13.1. The van der Waals surface area contributed by atoms with Gasteiger partial charge in [-0.05, 0) is 44.0 Å². The highest BCUT2D eigenvalue weighted by Crippen LogP contribution is 2.33. The Morgan fingerprint density at radius 3 is 2.62 bits per heavy atom. The molecule has 0 saturated heterocycles. The molecule has 0 atom stereocenters. The molecule has 0 unspecified atom stereocenters. The van der Waals surface area contributed by atoms with Crippen molar-refractivity contribution in [1.29, 1.82) is 0 Å². The van der Waals surface area contributed by atoms with E-state index >= 15 is 0 Å². The number of nitrogens with zero attached hydrogens (tertiary/aromatic N) is 3. The molecule has 0 amide bonds. The lowest BCUT2D eigenvalue weighted by Gasteiger charge is -2.21. The Bertz CT molecular complexity index is 973. The van der Waals surface area contributed by atoms with E-state index in [1.54, 1.807) is 22.6 Å². The number of pyridine rings is 1. The third-order valence-corrected chi connectivity index (χ3v) is 6.31. The standard InChI is InChI=1S/C18H19N3O2S/c1-14-5-9-17(10-6-14)24(22,23)21(15-7-8-15)13-16-12-19-18-4-2-3-11-20(16)18/h2-6,9-12,15H,7-8,13H2,1H3. The second kappa shape index (κ2) is 5.72. The molecule has 2 aromatic heterocycles. The molecule has 5 nitrogen and oxygen atoms in total. The molecule has 2 heterocycles. The molecule has 3 aromatic rings. The van der Waals surface area contributed by atoms with Crippen LogP contribution in [0.4, 0.5) is 0 Å². The number of rotatable bonds is 5. The minimum atomic E-state index is -3.51. The zero-order chi connectivity index (χ0) is 16.7. The van der Waals surface area contributed by atoms with Crippen molar-refractivity contribution in [2.45, 2.75) is 37.2 Å². The van der Waals surface area contributed by atoms with E-state index in [1.165, 1.54) is 0 Å². The molecule has 24 heavy (non-hydrogen) atoms. The molecule has 1 fully saturated rings. The molecular weight excluding hydrogens is 322 g/mol. The first-order valence-corrected chi connectivity index (χ1v) is 9.49. The van der Waals surface area contributed by atoms with Crippen molar-refractivity contribution >= 4 is 15.7 Å². The number of benzene rings is 1. The smallest absolute Gasteiger partial charge is 0.243 e. The van der Waals surface area contributed by atoms with Gasteiger partial charge < -0.3 is 4.40 Å². The van der Waals surface area contributed by atoms with Crippen LogP contribution < -0.4 is 0 Å². The maximum atomic E-state index is 13.1. The fourth-order valence-corrected chi connectivity index (χ4v) is 4.54. The van der Waals surface area contributed by atoms with E-state index in [2.05, 4.69) is 4.98 Å². The van der Waals surface area contributed by atoms with Gasteiger partial charge in [0.05, 0.1) is 23.3 Å². The topological polar surface area (TPSA) is 54.7 Å². The van der Waals surface area contributed by atoms with Crippen LogP contribution in [0.2, 0.25) is 0 Å². The van der Waals surface area contributed by atoms with E-state index < -0.39 is 10.0 Å². The predicted octanol–water partition coefficient (Wildman–Crippen LogP) is 3.00. The van der Waals surface area contributed by atoms with Crippen LogP contribution in [0.5, 0.6) is 0 Å². The lowest BCUT2D eigenvalue weighted by Crippen LogP contribution is -2.33. The average Bonchev–Trinajstić information content (AvgIpc) is 3.33. The Balaban J connectivity index is 1.71. The Morgan fingerprint density at radius 1 is 1.17 bits per heavy atom. The lowest BCUT2D eigenvalue weighted by atomic mass is 10.2. The summed E-state index contributed by atoms with van der Waals surface area (Å²) in [7, 11) is -3.51. The molecule has 1 aromatic carbocycles. The third-order valence-electron chi connectivity index (χ3n) is 4.39. The highest BCUT2D eigenvalue weighted by molar-refractivity contribution is 7.89. The van der Waals surface area contributed by atoms with Crippen LogP contribution in [-0.2, 0) is 16.6 Å². The van der Waals surface area contributed by atoms with Crippen LogP contribution in [0.3, 0.4) is 0 Å². The van der Waals surface area contributed by atoms with Gasteiger partial charge in [0.1, 0.15) is 5.65 Å². The van der Waals surface area contributed by atoms with Gasteiger partial charge in [-0.1, -0.05) is 23.8 Å². The summed E-state index contributed by atoms with van der Waals surface area (Å²) >= 11 is 0. The summed E-state index contributed by atoms with van der Waals surface area (Å²) in [5.74, 6) is 0. The first kappa shape index (κ1) is 15.4. The Morgan fingerprint density at radius 2 is 1.92 bits per heavy atom. The van der Waals surface area contributed by atoms with E-state index in [4.69, 9.17) is 0 Å². The van der Waals surface area contributed by atoms with Crippen LogP contribution in [0, 0.1) is 6.92 Å². The highest BCUT2D eigenvalue weighted by atomic mass is 32.2. The molecule has 0 bridgehead atoms. The van der Waals surface area contributed by atoms with Crippen LogP contribution in [0.15, 0.2) is 59.8 Å². The molecular formula is C18H19N3O2S. The molecule has 6 heteroatoms. The van der Waals surface area contributed by atoms with Crippen LogP contribution in [0.1, 0.15) is 24.1 Å². The Kier molecular flexibility index (Phi) is 3.66.